The Morgan fingerprint density at radius 1 is 0.879 bits per heavy atom. The van der Waals surface area contributed by atoms with Gasteiger partial charge in [-0.2, -0.15) is 0 Å². The molecule has 0 aromatic heterocycles. The van der Waals surface area contributed by atoms with Crippen molar-refractivity contribution in [3.8, 4) is 16.9 Å². The molecule has 0 amide bonds. The first kappa shape index (κ1) is 25.3. The van der Waals surface area contributed by atoms with Crippen molar-refractivity contribution in [3.05, 3.63) is 54.1 Å². The highest BCUT2D eigenvalue weighted by atomic mass is 16.5. The number of likely N-dealkylation sites (tertiary alicyclic amines) is 1. The van der Waals surface area contributed by atoms with Crippen molar-refractivity contribution in [1.82, 2.24) is 4.90 Å². The first-order chi connectivity index (χ1) is 16.2. The number of esters is 1. The monoisotopic (exact) mass is 453 g/mol. The standard InChI is InChI=1S/C28H39NO4/c1-31-26-18-16-25(17-19-26)24-14-12-23(13-15-24)22-33-27-10-7-9-21-29(27)20-8-5-3-4-6-11-28(30)32-2/h12-19,27H,3-11,20-22H2,1-2H3. The van der Waals surface area contributed by atoms with Gasteiger partial charge in [0, 0.05) is 19.5 Å². The second kappa shape index (κ2) is 14.0. The zero-order chi connectivity index (χ0) is 23.3. The zero-order valence-corrected chi connectivity index (χ0v) is 20.3. The molecule has 0 radical (unpaired) electrons. The van der Waals surface area contributed by atoms with Gasteiger partial charge in [0.05, 0.1) is 20.8 Å². The molecule has 0 N–H and O–H groups in total. The van der Waals surface area contributed by atoms with Crippen molar-refractivity contribution < 1.29 is 19.0 Å². The van der Waals surface area contributed by atoms with Gasteiger partial charge < -0.3 is 14.2 Å². The minimum absolute atomic E-state index is 0.0984. The van der Waals surface area contributed by atoms with E-state index < -0.39 is 0 Å². The summed E-state index contributed by atoms with van der Waals surface area (Å²) >= 11 is 0. The number of carbonyl (C=O) groups excluding carboxylic acids is 1. The molecule has 1 saturated heterocycles. The molecule has 2 aromatic rings. The second-order valence-electron chi connectivity index (χ2n) is 8.82. The van der Waals surface area contributed by atoms with Crippen LogP contribution in [0.2, 0.25) is 0 Å². The van der Waals surface area contributed by atoms with E-state index >= 15 is 0 Å². The number of unbranched alkanes of at least 4 members (excludes halogenated alkanes) is 4. The Labute approximate surface area is 199 Å². The van der Waals surface area contributed by atoms with Gasteiger partial charge in [-0.05, 0) is 60.9 Å². The first-order valence-electron chi connectivity index (χ1n) is 12.4. The van der Waals surface area contributed by atoms with Crippen LogP contribution in [-0.4, -0.2) is 44.4 Å². The van der Waals surface area contributed by atoms with Crippen LogP contribution in [0.15, 0.2) is 48.5 Å². The molecular formula is C28H39NO4. The maximum absolute atomic E-state index is 11.2. The number of carbonyl (C=O) groups is 1. The molecular weight excluding hydrogens is 414 g/mol. The molecule has 33 heavy (non-hydrogen) atoms. The average molecular weight is 454 g/mol. The predicted molar refractivity (Wildman–Crippen MR) is 132 cm³/mol. The molecule has 1 atom stereocenters. The second-order valence-corrected chi connectivity index (χ2v) is 8.82. The van der Waals surface area contributed by atoms with Crippen LogP contribution in [0.5, 0.6) is 5.75 Å². The minimum Gasteiger partial charge on any atom is -0.497 e. The van der Waals surface area contributed by atoms with Crippen molar-refractivity contribution in [3.63, 3.8) is 0 Å². The van der Waals surface area contributed by atoms with Gasteiger partial charge in [-0.1, -0.05) is 55.7 Å². The number of benzene rings is 2. The van der Waals surface area contributed by atoms with Gasteiger partial charge in [-0.15, -0.1) is 0 Å². The summed E-state index contributed by atoms with van der Waals surface area (Å²) in [4.78, 5) is 13.7. The van der Waals surface area contributed by atoms with Gasteiger partial charge in [0.2, 0.25) is 0 Å². The molecule has 5 nitrogen and oxygen atoms in total. The Bertz CT molecular complexity index is 819. The lowest BCUT2D eigenvalue weighted by Gasteiger charge is -2.35. The van der Waals surface area contributed by atoms with Crippen LogP contribution in [0.1, 0.15) is 63.4 Å². The molecule has 3 rings (SSSR count). The molecule has 1 fully saturated rings. The van der Waals surface area contributed by atoms with E-state index in [9.17, 15) is 4.79 Å². The third-order valence-corrected chi connectivity index (χ3v) is 6.43. The minimum atomic E-state index is -0.0984. The van der Waals surface area contributed by atoms with Crippen molar-refractivity contribution >= 4 is 5.97 Å². The lowest BCUT2D eigenvalue weighted by atomic mass is 10.0. The summed E-state index contributed by atoms with van der Waals surface area (Å²) in [5, 5.41) is 0. The third-order valence-electron chi connectivity index (χ3n) is 6.43. The van der Waals surface area contributed by atoms with Crippen LogP contribution < -0.4 is 4.74 Å². The van der Waals surface area contributed by atoms with E-state index in [-0.39, 0.29) is 12.2 Å². The van der Waals surface area contributed by atoms with E-state index in [0.29, 0.717) is 13.0 Å². The average Bonchev–Trinajstić information content (AvgIpc) is 2.87. The molecule has 0 spiro atoms. The largest absolute Gasteiger partial charge is 0.497 e. The van der Waals surface area contributed by atoms with Gasteiger partial charge in [0.25, 0.3) is 0 Å². The van der Waals surface area contributed by atoms with Crippen molar-refractivity contribution in [2.75, 3.05) is 27.3 Å². The predicted octanol–water partition coefficient (Wildman–Crippen LogP) is 6.20. The maximum atomic E-state index is 11.2. The molecule has 180 valence electrons. The molecule has 1 unspecified atom stereocenters. The summed E-state index contributed by atoms with van der Waals surface area (Å²) < 4.78 is 16.3. The summed E-state index contributed by atoms with van der Waals surface area (Å²) in [5.41, 5.74) is 3.60. The highest BCUT2D eigenvalue weighted by Gasteiger charge is 2.22. The van der Waals surface area contributed by atoms with E-state index in [2.05, 4.69) is 41.3 Å². The van der Waals surface area contributed by atoms with Gasteiger partial charge in [-0.3, -0.25) is 9.69 Å². The van der Waals surface area contributed by atoms with Crippen molar-refractivity contribution in [2.45, 2.75) is 70.6 Å². The van der Waals surface area contributed by atoms with Gasteiger partial charge in [0.1, 0.15) is 12.0 Å². The van der Waals surface area contributed by atoms with Crippen LogP contribution in [-0.2, 0) is 20.9 Å². The fourth-order valence-electron chi connectivity index (χ4n) is 4.39. The van der Waals surface area contributed by atoms with E-state index in [1.165, 1.54) is 55.9 Å². The zero-order valence-electron chi connectivity index (χ0n) is 20.3. The topological polar surface area (TPSA) is 48.0 Å². The maximum Gasteiger partial charge on any atom is 0.305 e. The van der Waals surface area contributed by atoms with Crippen LogP contribution in [0.3, 0.4) is 0 Å². The summed E-state index contributed by atoms with van der Waals surface area (Å²) in [6.45, 7) is 2.87. The number of piperidine rings is 1. The number of hydrogen-bond donors (Lipinski definition) is 0. The molecule has 0 saturated carbocycles. The molecule has 0 aliphatic carbocycles. The number of ether oxygens (including phenoxy) is 3. The van der Waals surface area contributed by atoms with Gasteiger partial charge in [-0.25, -0.2) is 0 Å². The van der Waals surface area contributed by atoms with Gasteiger partial charge in [0.15, 0.2) is 0 Å². The Balaban J connectivity index is 1.39. The Morgan fingerprint density at radius 2 is 1.55 bits per heavy atom. The van der Waals surface area contributed by atoms with E-state index in [1.807, 2.05) is 12.1 Å². The fourth-order valence-corrected chi connectivity index (χ4v) is 4.39. The van der Waals surface area contributed by atoms with Gasteiger partial charge >= 0.3 is 5.97 Å². The molecule has 2 aromatic carbocycles. The quantitative estimate of drug-likeness (QED) is 0.267. The summed E-state index contributed by atoms with van der Waals surface area (Å²) in [6.07, 6.45) is 9.98. The first-order valence-corrected chi connectivity index (χ1v) is 12.4. The molecule has 5 heteroatoms. The highest BCUT2D eigenvalue weighted by Crippen LogP contribution is 2.24. The molecule has 1 aliphatic rings. The third kappa shape index (κ3) is 8.49. The van der Waals surface area contributed by atoms with Crippen LogP contribution in [0.4, 0.5) is 0 Å². The molecule has 1 heterocycles. The lowest BCUT2D eigenvalue weighted by Crippen LogP contribution is -2.41. The van der Waals surface area contributed by atoms with Crippen LogP contribution in [0, 0.1) is 0 Å². The Hall–Kier alpha value is -2.37. The number of nitrogens with zero attached hydrogens (tertiary/aromatic N) is 1. The van der Waals surface area contributed by atoms with Crippen molar-refractivity contribution in [1.29, 1.82) is 0 Å². The van der Waals surface area contributed by atoms with E-state index in [0.717, 1.165) is 38.1 Å². The number of methoxy groups -OCH3 is 2. The summed E-state index contributed by atoms with van der Waals surface area (Å²) in [5.74, 6) is 0.776. The fraction of sp³-hybridized carbons (Fsp3) is 0.536. The van der Waals surface area contributed by atoms with Crippen LogP contribution >= 0.6 is 0 Å². The van der Waals surface area contributed by atoms with E-state index in [1.54, 1.807) is 7.11 Å². The summed E-state index contributed by atoms with van der Waals surface area (Å²) in [7, 11) is 3.14. The van der Waals surface area contributed by atoms with Crippen LogP contribution in [0.25, 0.3) is 11.1 Å². The highest BCUT2D eigenvalue weighted by molar-refractivity contribution is 5.69. The summed E-state index contributed by atoms with van der Waals surface area (Å²) in [6, 6.07) is 16.8. The SMILES string of the molecule is COC(=O)CCCCCCCN1CCCCC1OCc1ccc(-c2ccc(OC)cc2)cc1. The smallest absolute Gasteiger partial charge is 0.305 e. The number of rotatable bonds is 13. The number of hydrogen-bond acceptors (Lipinski definition) is 5. The molecule has 1 aliphatic heterocycles. The van der Waals surface area contributed by atoms with E-state index in [4.69, 9.17) is 14.2 Å². The lowest BCUT2D eigenvalue weighted by molar-refractivity contribution is -0.140. The Kier molecular flexibility index (Phi) is 10.7. The van der Waals surface area contributed by atoms with Crippen molar-refractivity contribution in [2.24, 2.45) is 0 Å². The Morgan fingerprint density at radius 3 is 2.24 bits per heavy atom. The molecule has 0 bridgehead atoms. The normalized spacial score (nSPS) is 16.5.